The highest BCUT2D eigenvalue weighted by Gasteiger charge is 2.11. The quantitative estimate of drug-likeness (QED) is 0.675. The van der Waals surface area contributed by atoms with Gasteiger partial charge in [0, 0.05) is 6.54 Å². The van der Waals surface area contributed by atoms with Gasteiger partial charge in [0.05, 0.1) is 24.3 Å². The van der Waals surface area contributed by atoms with Gasteiger partial charge in [-0.15, -0.1) is 0 Å². The van der Waals surface area contributed by atoms with Crippen LogP contribution < -0.4 is 14.8 Å². The highest BCUT2D eigenvalue weighted by molar-refractivity contribution is 9.10. The van der Waals surface area contributed by atoms with Crippen molar-refractivity contribution in [2.24, 2.45) is 0 Å². The molecule has 0 saturated carbocycles. The third-order valence-electron chi connectivity index (χ3n) is 2.81. The minimum Gasteiger partial charge on any atom is -0.493 e. The van der Waals surface area contributed by atoms with Gasteiger partial charge in [0.15, 0.2) is 11.5 Å². The van der Waals surface area contributed by atoms with Crippen LogP contribution in [0.1, 0.15) is 32.3 Å². The second-order valence-electron chi connectivity index (χ2n) is 4.77. The van der Waals surface area contributed by atoms with E-state index in [9.17, 15) is 5.11 Å². The number of aliphatic hydroxyl groups is 1. The van der Waals surface area contributed by atoms with Crippen LogP contribution in [0.2, 0.25) is 0 Å². The molecule has 0 saturated heterocycles. The fourth-order valence-corrected chi connectivity index (χ4v) is 2.37. The number of hydrogen-bond donors (Lipinski definition) is 2. The maximum Gasteiger partial charge on any atom is 0.175 e. The SMILES string of the molecule is CCCOc1c(Br)cc(CNCCC(C)O)cc1OC. The molecule has 4 nitrogen and oxygen atoms in total. The number of rotatable bonds is 9. The molecule has 0 fully saturated rings. The first-order chi connectivity index (χ1) is 9.58. The molecule has 2 N–H and O–H groups in total. The zero-order chi connectivity index (χ0) is 15.0. The van der Waals surface area contributed by atoms with E-state index in [1.54, 1.807) is 14.0 Å². The molecule has 0 amide bonds. The molecule has 114 valence electrons. The Bertz CT molecular complexity index is 410. The molecule has 1 rings (SSSR count). The van der Waals surface area contributed by atoms with Crippen LogP contribution in [-0.2, 0) is 6.54 Å². The van der Waals surface area contributed by atoms with Gasteiger partial charge in [-0.3, -0.25) is 0 Å². The Kier molecular flexibility index (Phi) is 7.95. The summed E-state index contributed by atoms with van der Waals surface area (Å²) >= 11 is 3.53. The first kappa shape index (κ1) is 17.3. The smallest absolute Gasteiger partial charge is 0.175 e. The minimum atomic E-state index is -0.270. The summed E-state index contributed by atoms with van der Waals surface area (Å²) in [5, 5.41) is 12.5. The average molecular weight is 346 g/mol. The highest BCUT2D eigenvalue weighted by Crippen LogP contribution is 2.36. The first-order valence-corrected chi connectivity index (χ1v) is 7.75. The number of benzene rings is 1. The monoisotopic (exact) mass is 345 g/mol. The summed E-state index contributed by atoms with van der Waals surface area (Å²) in [5.74, 6) is 1.49. The van der Waals surface area contributed by atoms with Crippen molar-refractivity contribution in [3.8, 4) is 11.5 Å². The van der Waals surface area contributed by atoms with Crippen molar-refractivity contribution in [2.45, 2.75) is 39.3 Å². The van der Waals surface area contributed by atoms with Gasteiger partial charge in [-0.25, -0.2) is 0 Å². The van der Waals surface area contributed by atoms with Crippen molar-refractivity contribution in [1.29, 1.82) is 0 Å². The number of aliphatic hydroxyl groups excluding tert-OH is 1. The predicted molar refractivity (Wildman–Crippen MR) is 84.5 cm³/mol. The van der Waals surface area contributed by atoms with Crippen molar-refractivity contribution in [1.82, 2.24) is 5.32 Å². The Hall–Kier alpha value is -0.780. The lowest BCUT2D eigenvalue weighted by molar-refractivity contribution is 0.183. The fourth-order valence-electron chi connectivity index (χ4n) is 1.76. The summed E-state index contributed by atoms with van der Waals surface area (Å²) in [4.78, 5) is 0. The zero-order valence-electron chi connectivity index (χ0n) is 12.4. The third-order valence-corrected chi connectivity index (χ3v) is 3.40. The summed E-state index contributed by atoms with van der Waals surface area (Å²) in [6.07, 6.45) is 1.43. The van der Waals surface area contributed by atoms with Crippen molar-refractivity contribution in [2.75, 3.05) is 20.3 Å². The molecule has 0 spiro atoms. The van der Waals surface area contributed by atoms with Crippen molar-refractivity contribution >= 4 is 15.9 Å². The van der Waals surface area contributed by atoms with Crippen molar-refractivity contribution in [3.05, 3.63) is 22.2 Å². The van der Waals surface area contributed by atoms with Crippen LogP contribution in [0.15, 0.2) is 16.6 Å². The maximum absolute atomic E-state index is 9.21. The minimum absolute atomic E-state index is 0.270. The van der Waals surface area contributed by atoms with E-state index in [2.05, 4.69) is 28.2 Å². The van der Waals surface area contributed by atoms with Gasteiger partial charge < -0.3 is 19.9 Å². The second-order valence-corrected chi connectivity index (χ2v) is 5.63. The molecule has 5 heteroatoms. The van der Waals surface area contributed by atoms with Gasteiger partial charge >= 0.3 is 0 Å². The molecule has 1 aromatic carbocycles. The van der Waals surface area contributed by atoms with E-state index < -0.39 is 0 Å². The second kappa shape index (κ2) is 9.21. The van der Waals surface area contributed by atoms with E-state index in [1.165, 1.54) is 0 Å². The number of halogens is 1. The van der Waals surface area contributed by atoms with Gasteiger partial charge in [-0.2, -0.15) is 0 Å². The van der Waals surface area contributed by atoms with E-state index >= 15 is 0 Å². The molecule has 0 bridgehead atoms. The summed E-state index contributed by atoms with van der Waals surface area (Å²) in [6.45, 7) is 6.05. The molecule has 0 aliphatic rings. The first-order valence-electron chi connectivity index (χ1n) is 6.96. The molecule has 0 aliphatic carbocycles. The van der Waals surface area contributed by atoms with Crippen LogP contribution in [0.3, 0.4) is 0 Å². The third kappa shape index (κ3) is 5.69. The molecule has 1 unspecified atom stereocenters. The molecular weight excluding hydrogens is 322 g/mol. The van der Waals surface area contributed by atoms with E-state index in [-0.39, 0.29) is 6.10 Å². The Morgan fingerprint density at radius 3 is 2.75 bits per heavy atom. The molecule has 0 radical (unpaired) electrons. The molecule has 0 aliphatic heterocycles. The van der Waals surface area contributed by atoms with Crippen LogP contribution >= 0.6 is 15.9 Å². The zero-order valence-corrected chi connectivity index (χ0v) is 14.0. The molecule has 1 aromatic rings. The fraction of sp³-hybridized carbons (Fsp3) is 0.600. The van der Waals surface area contributed by atoms with E-state index in [0.29, 0.717) is 6.61 Å². The lowest BCUT2D eigenvalue weighted by atomic mass is 10.2. The number of hydrogen-bond acceptors (Lipinski definition) is 4. The Labute approximate surface area is 129 Å². The normalized spacial score (nSPS) is 12.2. The number of nitrogens with one attached hydrogen (secondary N) is 1. The molecule has 0 heterocycles. The molecule has 20 heavy (non-hydrogen) atoms. The van der Waals surface area contributed by atoms with Crippen LogP contribution in [0.4, 0.5) is 0 Å². The summed E-state index contributed by atoms with van der Waals surface area (Å²) in [6, 6.07) is 4.01. The number of methoxy groups -OCH3 is 1. The lowest BCUT2D eigenvalue weighted by Crippen LogP contribution is -2.18. The van der Waals surface area contributed by atoms with Crippen LogP contribution in [0, 0.1) is 0 Å². The maximum atomic E-state index is 9.21. The van der Waals surface area contributed by atoms with E-state index in [0.717, 1.165) is 47.5 Å². The van der Waals surface area contributed by atoms with Gasteiger partial charge in [0.25, 0.3) is 0 Å². The Balaban J connectivity index is 2.67. The molecule has 0 aromatic heterocycles. The van der Waals surface area contributed by atoms with Gasteiger partial charge in [0.1, 0.15) is 0 Å². The lowest BCUT2D eigenvalue weighted by Gasteiger charge is -2.14. The van der Waals surface area contributed by atoms with Gasteiger partial charge in [0.2, 0.25) is 0 Å². The molecule has 1 atom stereocenters. The topological polar surface area (TPSA) is 50.7 Å². The van der Waals surface area contributed by atoms with Crippen LogP contribution in [-0.4, -0.2) is 31.5 Å². The van der Waals surface area contributed by atoms with Crippen molar-refractivity contribution < 1.29 is 14.6 Å². The summed E-state index contributed by atoms with van der Waals surface area (Å²) in [7, 11) is 1.64. The largest absolute Gasteiger partial charge is 0.493 e. The number of ether oxygens (including phenoxy) is 2. The van der Waals surface area contributed by atoms with E-state index in [4.69, 9.17) is 9.47 Å². The standard InChI is InChI=1S/C15H24BrNO3/c1-4-7-20-15-13(16)8-12(9-14(15)19-3)10-17-6-5-11(2)18/h8-9,11,17-18H,4-7,10H2,1-3H3. The van der Waals surface area contributed by atoms with Crippen LogP contribution in [0.25, 0.3) is 0 Å². The molecular formula is C15H24BrNO3. The Morgan fingerprint density at radius 1 is 1.40 bits per heavy atom. The van der Waals surface area contributed by atoms with Crippen LogP contribution in [0.5, 0.6) is 11.5 Å². The summed E-state index contributed by atoms with van der Waals surface area (Å²) < 4.78 is 12.0. The highest BCUT2D eigenvalue weighted by atomic mass is 79.9. The Morgan fingerprint density at radius 2 is 2.15 bits per heavy atom. The van der Waals surface area contributed by atoms with E-state index in [1.807, 2.05) is 12.1 Å². The van der Waals surface area contributed by atoms with Gasteiger partial charge in [-0.05, 0) is 59.9 Å². The predicted octanol–water partition coefficient (Wildman–Crippen LogP) is 3.11. The van der Waals surface area contributed by atoms with Gasteiger partial charge in [-0.1, -0.05) is 6.92 Å². The summed E-state index contributed by atoms with van der Waals surface area (Å²) in [5.41, 5.74) is 1.11. The van der Waals surface area contributed by atoms with Crippen molar-refractivity contribution in [3.63, 3.8) is 0 Å². The average Bonchev–Trinajstić information content (AvgIpc) is 2.41.